The van der Waals surface area contributed by atoms with Gasteiger partial charge in [-0.2, -0.15) is 0 Å². The van der Waals surface area contributed by atoms with Crippen molar-refractivity contribution in [2.24, 2.45) is 5.92 Å². The highest BCUT2D eigenvalue weighted by atomic mass is 16.2. The zero-order chi connectivity index (χ0) is 18.0. The van der Waals surface area contributed by atoms with E-state index in [1.165, 1.54) is 5.56 Å². The van der Waals surface area contributed by atoms with Gasteiger partial charge in [-0.3, -0.25) is 4.79 Å². The molecule has 0 atom stereocenters. The number of likely N-dealkylation sites (tertiary alicyclic amines) is 1. The van der Waals surface area contributed by atoms with Crippen molar-refractivity contribution in [3.63, 3.8) is 0 Å². The van der Waals surface area contributed by atoms with Crippen LogP contribution in [0.15, 0.2) is 24.3 Å². The monoisotopic (exact) mass is 338 g/mol. The Balaban J connectivity index is 1.81. The number of amides is 1. The van der Waals surface area contributed by atoms with E-state index >= 15 is 0 Å². The minimum Gasteiger partial charge on any atom is -0.340 e. The molecule has 1 aliphatic heterocycles. The van der Waals surface area contributed by atoms with Gasteiger partial charge in [0.2, 0.25) is 0 Å². The van der Waals surface area contributed by atoms with Crippen LogP contribution in [0.1, 0.15) is 47.2 Å². The second-order valence-corrected chi connectivity index (χ2v) is 7.10. The van der Waals surface area contributed by atoms with Crippen molar-refractivity contribution in [2.75, 3.05) is 18.4 Å². The number of aromatic nitrogens is 2. The molecule has 5 heteroatoms. The summed E-state index contributed by atoms with van der Waals surface area (Å²) >= 11 is 0. The maximum atomic E-state index is 12.8. The molecule has 0 spiro atoms. The van der Waals surface area contributed by atoms with Gasteiger partial charge in [0, 0.05) is 24.8 Å². The van der Waals surface area contributed by atoms with Gasteiger partial charge >= 0.3 is 0 Å². The molecule has 132 valence electrons. The SMILES string of the molecule is Cc1ccc(Nc2cc(C(=O)N3CCC(C)CC3)nc(C)n2)c(C)c1. The molecule has 2 aromatic rings. The van der Waals surface area contributed by atoms with Crippen molar-refractivity contribution in [1.29, 1.82) is 0 Å². The van der Waals surface area contributed by atoms with Crippen molar-refractivity contribution in [3.8, 4) is 0 Å². The smallest absolute Gasteiger partial charge is 0.272 e. The average molecular weight is 338 g/mol. The van der Waals surface area contributed by atoms with E-state index in [0.29, 0.717) is 23.3 Å². The molecule has 5 nitrogen and oxygen atoms in total. The lowest BCUT2D eigenvalue weighted by atomic mass is 9.99. The summed E-state index contributed by atoms with van der Waals surface area (Å²) in [5.74, 6) is 1.95. The third-order valence-corrected chi connectivity index (χ3v) is 4.77. The van der Waals surface area contributed by atoms with Gasteiger partial charge in [-0.05, 0) is 51.2 Å². The highest BCUT2D eigenvalue weighted by Gasteiger charge is 2.23. The Labute approximate surface area is 149 Å². The highest BCUT2D eigenvalue weighted by molar-refractivity contribution is 5.93. The van der Waals surface area contributed by atoms with Crippen molar-refractivity contribution in [1.82, 2.24) is 14.9 Å². The van der Waals surface area contributed by atoms with Crippen LogP contribution in [0.25, 0.3) is 0 Å². The first-order chi connectivity index (χ1) is 11.9. The van der Waals surface area contributed by atoms with Gasteiger partial charge in [-0.15, -0.1) is 0 Å². The number of hydrogen-bond donors (Lipinski definition) is 1. The van der Waals surface area contributed by atoms with Crippen LogP contribution >= 0.6 is 0 Å². The number of aryl methyl sites for hydroxylation is 3. The first-order valence-electron chi connectivity index (χ1n) is 8.91. The average Bonchev–Trinajstić information content (AvgIpc) is 2.57. The van der Waals surface area contributed by atoms with Crippen molar-refractivity contribution < 1.29 is 4.79 Å². The summed E-state index contributed by atoms with van der Waals surface area (Å²) in [7, 11) is 0. The lowest BCUT2D eigenvalue weighted by Gasteiger charge is -2.30. The summed E-state index contributed by atoms with van der Waals surface area (Å²) in [6, 6.07) is 7.98. The molecule has 2 heterocycles. The van der Waals surface area contributed by atoms with E-state index in [2.05, 4.69) is 48.2 Å². The fourth-order valence-corrected chi connectivity index (χ4v) is 3.21. The van der Waals surface area contributed by atoms with Gasteiger partial charge in [0.25, 0.3) is 5.91 Å². The number of nitrogens with zero attached hydrogens (tertiary/aromatic N) is 3. The van der Waals surface area contributed by atoms with E-state index < -0.39 is 0 Å². The number of hydrogen-bond acceptors (Lipinski definition) is 4. The molecule has 1 fully saturated rings. The molecule has 1 N–H and O–H groups in total. The van der Waals surface area contributed by atoms with Crippen LogP contribution in [0.5, 0.6) is 0 Å². The quantitative estimate of drug-likeness (QED) is 0.918. The highest BCUT2D eigenvalue weighted by Crippen LogP contribution is 2.22. The standard InChI is InChI=1S/C20H26N4O/c1-13-7-9-24(10-8-13)20(25)18-12-19(22-16(4)21-18)23-17-6-5-14(2)11-15(17)3/h5-6,11-13H,7-10H2,1-4H3,(H,21,22,23). The van der Waals surface area contributed by atoms with E-state index in [1.807, 2.05) is 17.9 Å². The first kappa shape index (κ1) is 17.4. The minimum atomic E-state index is 0.000998. The molecule has 0 saturated carbocycles. The Kier molecular flexibility index (Phi) is 5.02. The van der Waals surface area contributed by atoms with Crippen LogP contribution in [0, 0.1) is 26.7 Å². The Morgan fingerprint density at radius 3 is 2.52 bits per heavy atom. The molecule has 3 rings (SSSR count). The Hall–Kier alpha value is -2.43. The maximum Gasteiger partial charge on any atom is 0.272 e. The normalized spacial score (nSPS) is 15.3. The predicted octanol–water partition coefficient (Wildman–Crippen LogP) is 4.02. The van der Waals surface area contributed by atoms with Gasteiger partial charge in [-0.1, -0.05) is 24.6 Å². The summed E-state index contributed by atoms with van der Waals surface area (Å²) in [6.45, 7) is 9.81. The Morgan fingerprint density at radius 1 is 1.12 bits per heavy atom. The van der Waals surface area contributed by atoms with E-state index in [9.17, 15) is 4.79 Å². The number of anilines is 2. The largest absolute Gasteiger partial charge is 0.340 e. The molecule has 0 bridgehead atoms. The second kappa shape index (κ2) is 7.21. The molecule has 1 aliphatic rings. The zero-order valence-corrected chi connectivity index (χ0v) is 15.5. The number of nitrogens with one attached hydrogen (secondary N) is 1. The summed E-state index contributed by atoms with van der Waals surface area (Å²) in [6.07, 6.45) is 2.12. The minimum absolute atomic E-state index is 0.000998. The molecular formula is C20H26N4O. The summed E-state index contributed by atoms with van der Waals surface area (Å²) in [4.78, 5) is 23.5. The van der Waals surface area contributed by atoms with E-state index in [1.54, 1.807) is 6.07 Å². The molecule has 1 amide bonds. The Morgan fingerprint density at radius 2 is 1.84 bits per heavy atom. The maximum absolute atomic E-state index is 12.8. The third-order valence-electron chi connectivity index (χ3n) is 4.77. The number of rotatable bonds is 3. The fourth-order valence-electron chi connectivity index (χ4n) is 3.21. The molecular weight excluding hydrogens is 312 g/mol. The van der Waals surface area contributed by atoms with Crippen LogP contribution in [-0.4, -0.2) is 33.9 Å². The van der Waals surface area contributed by atoms with Crippen LogP contribution in [0.3, 0.4) is 0 Å². The van der Waals surface area contributed by atoms with E-state index in [4.69, 9.17) is 0 Å². The molecule has 1 saturated heterocycles. The second-order valence-electron chi connectivity index (χ2n) is 7.10. The molecule has 1 aromatic carbocycles. The van der Waals surface area contributed by atoms with Crippen LogP contribution < -0.4 is 5.32 Å². The molecule has 0 aliphatic carbocycles. The van der Waals surface area contributed by atoms with Gasteiger partial charge in [0.05, 0.1) is 0 Å². The number of carbonyl (C=O) groups is 1. The Bertz CT molecular complexity index is 779. The van der Waals surface area contributed by atoms with Crippen LogP contribution in [-0.2, 0) is 0 Å². The molecule has 1 aromatic heterocycles. The van der Waals surface area contributed by atoms with Gasteiger partial charge in [0.15, 0.2) is 0 Å². The van der Waals surface area contributed by atoms with Gasteiger partial charge < -0.3 is 10.2 Å². The van der Waals surface area contributed by atoms with Crippen molar-refractivity contribution >= 4 is 17.4 Å². The lowest BCUT2D eigenvalue weighted by molar-refractivity contribution is 0.0691. The van der Waals surface area contributed by atoms with Crippen LogP contribution in [0.2, 0.25) is 0 Å². The van der Waals surface area contributed by atoms with Crippen LogP contribution in [0.4, 0.5) is 11.5 Å². The van der Waals surface area contributed by atoms with Crippen molar-refractivity contribution in [2.45, 2.75) is 40.5 Å². The summed E-state index contributed by atoms with van der Waals surface area (Å²) < 4.78 is 0. The van der Waals surface area contributed by atoms with Crippen molar-refractivity contribution in [3.05, 3.63) is 46.9 Å². The molecule has 25 heavy (non-hydrogen) atoms. The molecule has 0 radical (unpaired) electrons. The molecule has 0 unspecified atom stereocenters. The summed E-state index contributed by atoms with van der Waals surface area (Å²) in [5, 5.41) is 3.32. The third kappa shape index (κ3) is 4.16. The predicted molar refractivity (Wildman–Crippen MR) is 100 cm³/mol. The number of piperidine rings is 1. The summed E-state index contributed by atoms with van der Waals surface area (Å²) in [5.41, 5.74) is 3.83. The number of carbonyl (C=O) groups excluding carboxylic acids is 1. The van der Waals surface area contributed by atoms with E-state index in [0.717, 1.165) is 37.2 Å². The fraction of sp³-hybridized carbons (Fsp3) is 0.450. The van der Waals surface area contributed by atoms with E-state index in [-0.39, 0.29) is 5.91 Å². The lowest BCUT2D eigenvalue weighted by Crippen LogP contribution is -2.38. The van der Waals surface area contributed by atoms with Gasteiger partial charge in [-0.25, -0.2) is 9.97 Å². The van der Waals surface area contributed by atoms with Gasteiger partial charge in [0.1, 0.15) is 17.3 Å². The number of benzene rings is 1. The topological polar surface area (TPSA) is 58.1 Å². The first-order valence-corrected chi connectivity index (χ1v) is 8.91. The zero-order valence-electron chi connectivity index (χ0n) is 15.5.